The number of piperidine rings is 1. The van der Waals surface area contributed by atoms with Crippen molar-refractivity contribution in [3.8, 4) is 0 Å². The van der Waals surface area contributed by atoms with E-state index in [1.807, 2.05) is 6.92 Å². The highest BCUT2D eigenvalue weighted by Crippen LogP contribution is 2.42. The van der Waals surface area contributed by atoms with Crippen LogP contribution in [0.4, 0.5) is 4.39 Å². The number of nitrogens with zero attached hydrogens (tertiary/aromatic N) is 1. The zero-order valence-electron chi connectivity index (χ0n) is 13.3. The van der Waals surface area contributed by atoms with Crippen LogP contribution in [-0.4, -0.2) is 40.8 Å². The molecule has 3 amide bonds. The summed E-state index contributed by atoms with van der Waals surface area (Å²) in [5.41, 5.74) is 1.02. The lowest BCUT2D eigenvalue weighted by atomic mass is 10.0. The van der Waals surface area contributed by atoms with Gasteiger partial charge in [-0.3, -0.25) is 14.9 Å². The molecule has 0 spiro atoms. The van der Waals surface area contributed by atoms with E-state index in [-0.39, 0.29) is 34.7 Å². The van der Waals surface area contributed by atoms with Crippen LogP contribution in [-0.2, 0) is 9.59 Å². The lowest BCUT2D eigenvalue weighted by Crippen LogP contribution is -2.57. The first-order valence-corrected chi connectivity index (χ1v) is 7.92. The molecule has 0 aromatic heterocycles. The molecule has 2 saturated heterocycles. The van der Waals surface area contributed by atoms with Crippen molar-refractivity contribution in [2.45, 2.75) is 45.2 Å². The summed E-state index contributed by atoms with van der Waals surface area (Å²) in [5.74, 6) is -1.37. The Morgan fingerprint density at radius 1 is 1.39 bits per heavy atom. The van der Waals surface area contributed by atoms with E-state index in [0.29, 0.717) is 24.1 Å². The van der Waals surface area contributed by atoms with E-state index >= 15 is 0 Å². The van der Waals surface area contributed by atoms with Gasteiger partial charge in [0.15, 0.2) is 6.04 Å². The summed E-state index contributed by atoms with van der Waals surface area (Å²) in [6, 6.07) is 3.63. The standard InChI is InChI=1S/C17H19FN2O3/c1-3-12-9-20(12,14-6-7-15(21)19-16(14)22)17(23)13-8-11(18)5-4-10(13)2/h4-5,8,12,14H,3,6-7,9H2,1-2H3/p+1. The number of hydrogen-bond donors (Lipinski definition) is 1. The Bertz CT molecular complexity index is 703. The number of rotatable bonds is 3. The minimum absolute atomic E-state index is 0.0138. The number of imide groups is 1. The molecule has 1 N–H and O–H groups in total. The van der Waals surface area contributed by atoms with Crippen molar-refractivity contribution < 1.29 is 23.3 Å². The van der Waals surface area contributed by atoms with Gasteiger partial charge in [-0.15, -0.1) is 0 Å². The number of hydrogen-bond acceptors (Lipinski definition) is 3. The summed E-state index contributed by atoms with van der Waals surface area (Å²) in [6.45, 7) is 4.30. The summed E-state index contributed by atoms with van der Waals surface area (Å²) in [5, 5.41) is 2.33. The Balaban J connectivity index is 1.99. The molecule has 0 radical (unpaired) electrons. The second kappa shape index (κ2) is 5.53. The number of carbonyl (C=O) groups is 3. The molecule has 3 rings (SSSR count). The molecule has 2 aliphatic rings. The molecule has 1 aromatic rings. The summed E-state index contributed by atoms with van der Waals surface area (Å²) in [4.78, 5) is 36.8. The summed E-state index contributed by atoms with van der Waals surface area (Å²) < 4.78 is 13.6. The van der Waals surface area contributed by atoms with E-state index in [1.54, 1.807) is 13.0 Å². The lowest BCUT2D eigenvalue weighted by Gasteiger charge is -2.30. The third-order valence-electron chi connectivity index (χ3n) is 5.08. The van der Waals surface area contributed by atoms with E-state index in [4.69, 9.17) is 0 Å². The number of aryl methyl sites for hydroxylation is 1. The number of nitrogens with one attached hydrogen (secondary N) is 1. The Morgan fingerprint density at radius 2 is 2.13 bits per heavy atom. The quantitative estimate of drug-likeness (QED) is 0.524. The molecule has 6 heteroatoms. The van der Waals surface area contributed by atoms with Crippen molar-refractivity contribution in [3.05, 3.63) is 35.1 Å². The summed E-state index contributed by atoms with van der Waals surface area (Å²) in [7, 11) is 0. The average Bonchev–Trinajstić information content (AvgIpc) is 3.24. The fourth-order valence-electron chi connectivity index (χ4n) is 3.70. The van der Waals surface area contributed by atoms with Crippen LogP contribution in [0.15, 0.2) is 18.2 Å². The maximum atomic E-state index is 13.6. The van der Waals surface area contributed by atoms with E-state index in [2.05, 4.69) is 5.32 Å². The Labute approximate surface area is 134 Å². The molecule has 0 aliphatic carbocycles. The van der Waals surface area contributed by atoms with Crippen molar-refractivity contribution in [2.75, 3.05) is 6.54 Å². The van der Waals surface area contributed by atoms with Crippen LogP contribution in [0.25, 0.3) is 0 Å². The molecule has 2 fully saturated rings. The van der Waals surface area contributed by atoms with Gasteiger partial charge in [0.1, 0.15) is 18.4 Å². The fourth-order valence-corrected chi connectivity index (χ4v) is 3.70. The molecule has 2 heterocycles. The van der Waals surface area contributed by atoms with Crippen LogP contribution in [0.5, 0.6) is 0 Å². The van der Waals surface area contributed by atoms with Gasteiger partial charge in [-0.1, -0.05) is 13.0 Å². The van der Waals surface area contributed by atoms with E-state index in [0.717, 1.165) is 6.42 Å². The first-order valence-electron chi connectivity index (χ1n) is 7.92. The van der Waals surface area contributed by atoms with Crippen LogP contribution in [0.2, 0.25) is 0 Å². The zero-order chi connectivity index (χ0) is 16.8. The van der Waals surface area contributed by atoms with Crippen molar-refractivity contribution in [1.82, 2.24) is 5.32 Å². The number of amides is 3. The van der Waals surface area contributed by atoms with E-state index in [9.17, 15) is 18.8 Å². The molecule has 0 saturated carbocycles. The number of quaternary nitrogens is 1. The minimum atomic E-state index is -0.562. The van der Waals surface area contributed by atoms with Crippen LogP contribution in [0, 0.1) is 12.7 Å². The van der Waals surface area contributed by atoms with Crippen LogP contribution >= 0.6 is 0 Å². The second-order valence-electron chi connectivity index (χ2n) is 6.41. The zero-order valence-corrected chi connectivity index (χ0v) is 13.3. The lowest BCUT2D eigenvalue weighted by molar-refractivity contribution is -0.747. The van der Waals surface area contributed by atoms with Crippen LogP contribution in [0.3, 0.4) is 0 Å². The molecular formula is C17H20FN2O3+. The van der Waals surface area contributed by atoms with Gasteiger partial charge in [-0.25, -0.2) is 13.7 Å². The monoisotopic (exact) mass is 319 g/mol. The third kappa shape index (κ3) is 2.47. The highest BCUT2D eigenvalue weighted by atomic mass is 19.1. The molecule has 0 bridgehead atoms. The van der Waals surface area contributed by atoms with Gasteiger partial charge >= 0.3 is 5.91 Å². The normalized spacial score (nSPS) is 30.0. The van der Waals surface area contributed by atoms with Gasteiger partial charge < -0.3 is 0 Å². The molecule has 3 unspecified atom stereocenters. The number of benzene rings is 1. The van der Waals surface area contributed by atoms with Crippen molar-refractivity contribution in [3.63, 3.8) is 0 Å². The number of carbonyl (C=O) groups excluding carboxylic acids is 3. The largest absolute Gasteiger partial charge is 0.347 e. The van der Waals surface area contributed by atoms with Gasteiger partial charge in [0.05, 0.1) is 5.56 Å². The average molecular weight is 319 g/mol. The van der Waals surface area contributed by atoms with Crippen LogP contribution in [0.1, 0.15) is 42.1 Å². The molecule has 23 heavy (non-hydrogen) atoms. The Hall–Kier alpha value is -2.08. The summed E-state index contributed by atoms with van der Waals surface area (Å²) in [6.07, 6.45) is 1.36. The molecular weight excluding hydrogens is 299 g/mol. The van der Waals surface area contributed by atoms with Gasteiger partial charge in [0.2, 0.25) is 5.91 Å². The fraction of sp³-hybridized carbons (Fsp3) is 0.471. The SMILES string of the molecule is CCC1C[N+]1(C(=O)c1cc(F)ccc1C)C1CCC(=O)NC1=O. The van der Waals surface area contributed by atoms with Crippen molar-refractivity contribution in [1.29, 1.82) is 0 Å². The molecule has 1 aromatic carbocycles. The predicted octanol–water partition coefficient (Wildman–Crippen LogP) is 1.69. The molecule has 5 nitrogen and oxygen atoms in total. The van der Waals surface area contributed by atoms with E-state index < -0.39 is 11.9 Å². The van der Waals surface area contributed by atoms with Gasteiger partial charge in [-0.2, -0.15) is 0 Å². The van der Waals surface area contributed by atoms with Crippen molar-refractivity contribution >= 4 is 17.7 Å². The van der Waals surface area contributed by atoms with Crippen LogP contribution < -0.4 is 5.32 Å². The highest BCUT2D eigenvalue weighted by Gasteiger charge is 2.66. The van der Waals surface area contributed by atoms with Gasteiger partial charge in [0, 0.05) is 19.3 Å². The van der Waals surface area contributed by atoms with E-state index in [1.165, 1.54) is 12.1 Å². The first-order chi connectivity index (χ1) is 10.9. The van der Waals surface area contributed by atoms with Crippen molar-refractivity contribution in [2.24, 2.45) is 0 Å². The second-order valence-corrected chi connectivity index (χ2v) is 6.41. The number of halogens is 1. The van der Waals surface area contributed by atoms with Gasteiger partial charge in [0.25, 0.3) is 5.91 Å². The maximum Gasteiger partial charge on any atom is 0.347 e. The summed E-state index contributed by atoms with van der Waals surface area (Å²) >= 11 is 0. The first kappa shape index (κ1) is 15.8. The molecule has 3 atom stereocenters. The topological polar surface area (TPSA) is 63.2 Å². The maximum absolute atomic E-state index is 13.6. The highest BCUT2D eigenvalue weighted by molar-refractivity contribution is 6.01. The molecule has 122 valence electrons. The Morgan fingerprint density at radius 3 is 2.74 bits per heavy atom. The van der Waals surface area contributed by atoms with Gasteiger partial charge in [-0.05, 0) is 24.6 Å². The predicted molar refractivity (Wildman–Crippen MR) is 80.8 cm³/mol. The molecule has 2 aliphatic heterocycles. The Kier molecular flexibility index (Phi) is 3.80. The smallest absolute Gasteiger partial charge is 0.291 e. The third-order valence-corrected chi connectivity index (χ3v) is 5.08. The minimum Gasteiger partial charge on any atom is -0.291 e.